The maximum atomic E-state index is 12.5. The number of nitrogens with zero attached hydrogens (tertiary/aromatic N) is 2. The van der Waals surface area contributed by atoms with E-state index in [1.54, 1.807) is 4.90 Å². The minimum absolute atomic E-state index is 0.124. The summed E-state index contributed by atoms with van der Waals surface area (Å²) >= 11 is 0. The van der Waals surface area contributed by atoms with Crippen molar-refractivity contribution in [1.82, 2.24) is 15.1 Å². The third kappa shape index (κ3) is 2.93. The van der Waals surface area contributed by atoms with Gasteiger partial charge in [0.25, 0.3) is 5.91 Å². The van der Waals surface area contributed by atoms with E-state index in [1.165, 1.54) is 4.90 Å². The SMILES string of the molecule is CCCNC(=O)CCN1C(=O)C2Cc3ccccc3CN2C1=O. The van der Waals surface area contributed by atoms with E-state index in [1.807, 2.05) is 31.2 Å². The molecule has 6 nitrogen and oxygen atoms in total. The van der Waals surface area contributed by atoms with Crippen LogP contribution in [-0.2, 0) is 22.6 Å². The van der Waals surface area contributed by atoms with Crippen molar-refractivity contribution in [2.75, 3.05) is 13.1 Å². The van der Waals surface area contributed by atoms with Crippen molar-refractivity contribution >= 4 is 17.8 Å². The van der Waals surface area contributed by atoms with E-state index in [9.17, 15) is 14.4 Å². The molecule has 1 saturated heterocycles. The normalized spacial score (nSPS) is 19.6. The van der Waals surface area contributed by atoms with Gasteiger partial charge in [0.1, 0.15) is 6.04 Å². The number of carbonyl (C=O) groups excluding carboxylic acids is 3. The summed E-state index contributed by atoms with van der Waals surface area (Å²) in [5.74, 6) is -0.312. The molecule has 1 atom stereocenters. The number of imide groups is 1. The first kappa shape index (κ1) is 15.5. The van der Waals surface area contributed by atoms with Gasteiger partial charge in [-0.05, 0) is 17.5 Å². The number of hydrogen-bond acceptors (Lipinski definition) is 3. The van der Waals surface area contributed by atoms with Crippen molar-refractivity contribution in [1.29, 1.82) is 0 Å². The minimum atomic E-state index is -0.420. The van der Waals surface area contributed by atoms with Crippen molar-refractivity contribution in [2.45, 2.75) is 38.8 Å². The molecular weight excluding hydrogens is 294 g/mol. The lowest BCUT2D eigenvalue weighted by atomic mass is 9.95. The lowest BCUT2D eigenvalue weighted by molar-refractivity contribution is -0.129. The smallest absolute Gasteiger partial charge is 0.327 e. The van der Waals surface area contributed by atoms with Crippen LogP contribution in [0.4, 0.5) is 4.79 Å². The summed E-state index contributed by atoms with van der Waals surface area (Å²) < 4.78 is 0. The van der Waals surface area contributed by atoms with Gasteiger partial charge in [0.2, 0.25) is 5.91 Å². The lowest BCUT2D eigenvalue weighted by Crippen LogP contribution is -2.39. The first-order valence-electron chi connectivity index (χ1n) is 8.07. The number of nitrogens with one attached hydrogen (secondary N) is 1. The summed E-state index contributed by atoms with van der Waals surface area (Å²) in [6.45, 7) is 3.20. The highest BCUT2D eigenvalue weighted by molar-refractivity contribution is 6.04. The predicted octanol–water partition coefficient (Wildman–Crippen LogP) is 1.29. The largest absolute Gasteiger partial charge is 0.356 e. The molecule has 1 aromatic rings. The molecule has 3 rings (SSSR count). The number of benzene rings is 1. The number of amides is 4. The molecule has 0 radical (unpaired) electrons. The molecule has 1 unspecified atom stereocenters. The monoisotopic (exact) mass is 315 g/mol. The van der Waals surface area contributed by atoms with Crippen molar-refractivity contribution < 1.29 is 14.4 Å². The zero-order valence-electron chi connectivity index (χ0n) is 13.2. The molecular formula is C17H21N3O3. The Morgan fingerprint density at radius 2 is 2.00 bits per heavy atom. The first-order chi connectivity index (χ1) is 11.1. The molecule has 0 saturated carbocycles. The van der Waals surface area contributed by atoms with Gasteiger partial charge in [-0.3, -0.25) is 14.5 Å². The van der Waals surface area contributed by atoms with Gasteiger partial charge in [-0.25, -0.2) is 4.79 Å². The van der Waals surface area contributed by atoms with E-state index in [4.69, 9.17) is 0 Å². The van der Waals surface area contributed by atoms with Gasteiger partial charge in [-0.1, -0.05) is 31.2 Å². The lowest BCUT2D eigenvalue weighted by Gasteiger charge is -2.28. The molecule has 122 valence electrons. The number of urea groups is 1. The Bertz CT molecular complexity index is 601. The van der Waals surface area contributed by atoms with Gasteiger partial charge in [0, 0.05) is 32.5 Å². The average Bonchev–Trinajstić information content (AvgIpc) is 2.80. The number of rotatable bonds is 5. The number of fused-ring (bicyclic) bond motifs is 2. The first-order valence-corrected chi connectivity index (χ1v) is 8.07. The maximum Gasteiger partial charge on any atom is 0.327 e. The van der Waals surface area contributed by atoms with E-state index in [0.717, 1.165) is 17.5 Å². The van der Waals surface area contributed by atoms with Crippen LogP contribution in [0.25, 0.3) is 0 Å². The molecule has 4 amide bonds. The highest BCUT2D eigenvalue weighted by atomic mass is 16.2. The molecule has 0 bridgehead atoms. The predicted molar refractivity (Wildman–Crippen MR) is 84.5 cm³/mol. The molecule has 2 aliphatic heterocycles. The van der Waals surface area contributed by atoms with E-state index in [2.05, 4.69) is 5.32 Å². The Morgan fingerprint density at radius 1 is 1.26 bits per heavy atom. The van der Waals surface area contributed by atoms with Crippen LogP contribution in [0, 0.1) is 0 Å². The summed E-state index contributed by atoms with van der Waals surface area (Å²) in [6, 6.07) is 7.19. The van der Waals surface area contributed by atoms with Crippen molar-refractivity contribution in [3.05, 3.63) is 35.4 Å². The third-order valence-corrected chi connectivity index (χ3v) is 4.41. The molecule has 0 aromatic heterocycles. The molecule has 0 aliphatic carbocycles. The fourth-order valence-electron chi connectivity index (χ4n) is 3.15. The Balaban J connectivity index is 1.67. The van der Waals surface area contributed by atoms with E-state index < -0.39 is 6.04 Å². The van der Waals surface area contributed by atoms with Crippen LogP contribution in [0.3, 0.4) is 0 Å². The quantitative estimate of drug-likeness (QED) is 0.833. The van der Waals surface area contributed by atoms with Crippen LogP contribution in [0.2, 0.25) is 0 Å². The average molecular weight is 315 g/mol. The summed E-state index contributed by atoms with van der Waals surface area (Å²) in [7, 11) is 0. The fourth-order valence-corrected chi connectivity index (χ4v) is 3.15. The Labute approximate surface area is 135 Å². The second kappa shape index (κ2) is 6.40. The summed E-state index contributed by atoms with van der Waals surface area (Å²) in [5, 5.41) is 2.76. The van der Waals surface area contributed by atoms with Gasteiger partial charge in [-0.15, -0.1) is 0 Å². The van der Waals surface area contributed by atoms with Gasteiger partial charge >= 0.3 is 6.03 Å². The molecule has 0 spiro atoms. The van der Waals surface area contributed by atoms with Gasteiger partial charge in [0.15, 0.2) is 0 Å². The molecule has 1 N–H and O–H groups in total. The second-order valence-corrected chi connectivity index (χ2v) is 5.99. The molecule has 2 aliphatic rings. The van der Waals surface area contributed by atoms with Crippen molar-refractivity contribution in [3.63, 3.8) is 0 Å². The molecule has 1 fully saturated rings. The highest BCUT2D eigenvalue weighted by Gasteiger charge is 2.46. The minimum Gasteiger partial charge on any atom is -0.356 e. The number of hydrogen-bond donors (Lipinski definition) is 1. The highest BCUT2D eigenvalue weighted by Crippen LogP contribution is 2.29. The molecule has 23 heavy (non-hydrogen) atoms. The Kier molecular flexibility index (Phi) is 4.32. The fraction of sp³-hybridized carbons (Fsp3) is 0.471. The van der Waals surface area contributed by atoms with Crippen LogP contribution < -0.4 is 5.32 Å². The summed E-state index contributed by atoms with van der Waals surface area (Å²) in [4.78, 5) is 39.5. The summed E-state index contributed by atoms with van der Waals surface area (Å²) in [6.07, 6.45) is 1.58. The Hall–Kier alpha value is -2.37. The van der Waals surface area contributed by atoms with Crippen LogP contribution in [0.15, 0.2) is 24.3 Å². The van der Waals surface area contributed by atoms with Gasteiger partial charge in [0.05, 0.1) is 0 Å². The third-order valence-electron chi connectivity index (χ3n) is 4.41. The Morgan fingerprint density at radius 3 is 2.74 bits per heavy atom. The van der Waals surface area contributed by atoms with Crippen LogP contribution in [0.1, 0.15) is 30.9 Å². The second-order valence-electron chi connectivity index (χ2n) is 5.99. The maximum absolute atomic E-state index is 12.5. The number of carbonyl (C=O) groups is 3. The van der Waals surface area contributed by atoms with E-state index in [-0.39, 0.29) is 30.8 Å². The molecule has 6 heteroatoms. The molecule has 1 aromatic carbocycles. The van der Waals surface area contributed by atoms with Gasteiger partial charge in [-0.2, -0.15) is 0 Å². The molecule has 2 heterocycles. The van der Waals surface area contributed by atoms with E-state index >= 15 is 0 Å². The standard InChI is InChI=1S/C17H21N3O3/c1-2-8-18-15(21)7-9-19-16(22)14-10-12-5-3-4-6-13(12)11-20(14)17(19)23/h3-6,14H,2,7-11H2,1H3,(H,18,21). The van der Waals surface area contributed by atoms with Crippen LogP contribution in [-0.4, -0.2) is 46.8 Å². The zero-order valence-corrected chi connectivity index (χ0v) is 13.2. The van der Waals surface area contributed by atoms with Crippen LogP contribution >= 0.6 is 0 Å². The van der Waals surface area contributed by atoms with Crippen molar-refractivity contribution in [3.8, 4) is 0 Å². The topological polar surface area (TPSA) is 69.7 Å². The van der Waals surface area contributed by atoms with Crippen molar-refractivity contribution in [2.24, 2.45) is 0 Å². The summed E-state index contributed by atoms with van der Waals surface area (Å²) in [5.41, 5.74) is 2.21. The van der Waals surface area contributed by atoms with Gasteiger partial charge < -0.3 is 10.2 Å². The van der Waals surface area contributed by atoms with Crippen LogP contribution in [0.5, 0.6) is 0 Å². The van der Waals surface area contributed by atoms with E-state index in [0.29, 0.717) is 19.5 Å². The zero-order chi connectivity index (χ0) is 16.4.